The van der Waals surface area contributed by atoms with Crippen LogP contribution in [0.15, 0.2) is 0 Å². The average Bonchev–Trinajstić information content (AvgIpc) is 0.901. The van der Waals surface area contributed by atoms with Crippen molar-refractivity contribution < 1.29 is 80.2 Å². The Morgan fingerprint density at radius 1 is 0.264 bits per heavy atom. The molecule has 0 radical (unpaired) electrons. The lowest BCUT2D eigenvalue weighted by molar-refractivity contribution is -0.161. The van der Waals surface area contributed by atoms with Gasteiger partial charge in [-0.05, 0) is 49.4 Å². The molecule has 0 aromatic heterocycles. The smallest absolute Gasteiger partial charge is 0.462 e. The lowest BCUT2D eigenvalue weighted by atomic mass is 9.99. The van der Waals surface area contributed by atoms with Gasteiger partial charge in [-0.15, -0.1) is 0 Å². The first kappa shape index (κ1) is 104. The van der Waals surface area contributed by atoms with Gasteiger partial charge >= 0.3 is 39.5 Å². The van der Waals surface area contributed by atoms with Crippen LogP contribution < -0.4 is 0 Å². The van der Waals surface area contributed by atoms with Crippen LogP contribution in [0, 0.1) is 23.7 Å². The SMILES string of the molecule is CCC(C)CCCCCCCCCCCCCCCCCCCCC(=O)O[C@H](COC(=O)CCCCCCCCCCCCCCCCCC(C)C)COP(=O)(O)OC[C@@H](O)COP(=O)(O)OC[C@@H](COC(=O)CCCCCCCCCCCCC(C)C)OC(=O)CCCCCCCCCCCCC(C)C. The molecule has 0 saturated heterocycles. The predicted octanol–water partition coefficient (Wildman–Crippen LogP) is 26.3. The molecule has 0 aliphatic heterocycles. The molecular weight excluding hydrogens is 1380 g/mol. The van der Waals surface area contributed by atoms with E-state index in [1.54, 1.807) is 0 Å². The van der Waals surface area contributed by atoms with Gasteiger partial charge in [-0.1, -0.05) is 402 Å². The molecule has 0 bridgehead atoms. The van der Waals surface area contributed by atoms with Gasteiger partial charge in [0, 0.05) is 25.7 Å². The summed E-state index contributed by atoms with van der Waals surface area (Å²) in [5, 5.41) is 10.7. The minimum Gasteiger partial charge on any atom is -0.462 e. The topological polar surface area (TPSA) is 237 Å². The maximum absolute atomic E-state index is 13.2. The molecule has 0 saturated carbocycles. The van der Waals surface area contributed by atoms with Gasteiger partial charge in [0.25, 0.3) is 0 Å². The fraction of sp³-hybridized carbons (Fsp3) is 0.954. The molecule has 3 unspecified atom stereocenters. The summed E-state index contributed by atoms with van der Waals surface area (Å²) in [5.74, 6) is 1.08. The van der Waals surface area contributed by atoms with Gasteiger partial charge in [-0.2, -0.15) is 0 Å². The zero-order valence-electron chi connectivity index (χ0n) is 70.1. The molecule has 106 heavy (non-hydrogen) atoms. The van der Waals surface area contributed by atoms with Crippen molar-refractivity contribution in [2.45, 2.75) is 472 Å². The summed E-state index contributed by atoms with van der Waals surface area (Å²) >= 11 is 0. The second-order valence-electron chi connectivity index (χ2n) is 33.0. The van der Waals surface area contributed by atoms with Crippen LogP contribution in [0.2, 0.25) is 0 Å². The predicted molar refractivity (Wildman–Crippen MR) is 437 cm³/mol. The Labute approximate surface area is 651 Å². The van der Waals surface area contributed by atoms with Gasteiger partial charge in [-0.25, -0.2) is 9.13 Å². The van der Waals surface area contributed by atoms with Crippen molar-refractivity contribution in [1.29, 1.82) is 0 Å². The molecule has 0 spiro atoms. The van der Waals surface area contributed by atoms with E-state index in [1.807, 2.05) is 0 Å². The third-order valence-electron chi connectivity index (χ3n) is 20.7. The molecular formula is C87H170O17P2. The highest BCUT2D eigenvalue weighted by Crippen LogP contribution is 2.45. The summed E-state index contributed by atoms with van der Waals surface area (Å²) in [6.45, 7) is 14.4. The molecule has 0 aromatic carbocycles. The second kappa shape index (κ2) is 75.7. The molecule has 3 N–H and O–H groups in total. The number of hydrogen-bond donors (Lipinski definition) is 3. The van der Waals surface area contributed by atoms with Crippen LogP contribution in [0.5, 0.6) is 0 Å². The first-order valence-electron chi connectivity index (χ1n) is 44.7. The Hall–Kier alpha value is -1.94. The van der Waals surface area contributed by atoms with E-state index in [9.17, 15) is 43.2 Å². The van der Waals surface area contributed by atoms with E-state index in [4.69, 9.17) is 37.0 Å². The summed E-state index contributed by atoms with van der Waals surface area (Å²) < 4.78 is 68.9. The first-order valence-corrected chi connectivity index (χ1v) is 47.7. The Bertz CT molecular complexity index is 2060. The van der Waals surface area contributed by atoms with Crippen LogP contribution in [0.25, 0.3) is 0 Å². The minimum absolute atomic E-state index is 0.106. The maximum Gasteiger partial charge on any atom is 0.472 e. The average molecular weight is 1550 g/mol. The highest BCUT2D eigenvalue weighted by molar-refractivity contribution is 7.47. The summed E-state index contributed by atoms with van der Waals surface area (Å²) in [4.78, 5) is 73.3. The standard InChI is InChI=1S/C87H170O17P2/c1-9-80(8)66-58-50-42-34-24-20-16-12-10-11-13-17-22-26-37-45-53-61-69-86(91)103-82(73-97-84(89)67-59-51-43-35-25-21-18-14-15-19-23-31-39-47-55-63-77(2)3)75-101-105(93,94)99-71-81(88)72-100-106(95,96)102-76-83(104-87(92)70-62-54-46-38-30-28-33-41-49-57-65-79(6)7)74-98-85(90)68-60-52-44-36-29-27-32-40-48-56-64-78(4)5/h77-83,88H,9-76H2,1-8H3,(H,93,94)(H,95,96)/t80?,81-,82-,83-/m1/s1. The fourth-order valence-corrected chi connectivity index (χ4v) is 15.0. The van der Waals surface area contributed by atoms with Gasteiger partial charge in [0.2, 0.25) is 0 Å². The van der Waals surface area contributed by atoms with Crippen molar-refractivity contribution in [1.82, 2.24) is 0 Å². The van der Waals surface area contributed by atoms with Crippen LogP contribution in [0.3, 0.4) is 0 Å². The van der Waals surface area contributed by atoms with Gasteiger partial charge in [0.1, 0.15) is 19.3 Å². The molecule has 630 valence electrons. The van der Waals surface area contributed by atoms with Crippen LogP contribution in [0.4, 0.5) is 0 Å². The Morgan fingerprint density at radius 2 is 0.453 bits per heavy atom. The van der Waals surface area contributed by atoms with Gasteiger partial charge < -0.3 is 33.8 Å². The highest BCUT2D eigenvalue weighted by atomic mass is 31.2. The lowest BCUT2D eigenvalue weighted by Gasteiger charge is -2.21. The van der Waals surface area contributed by atoms with Crippen molar-refractivity contribution in [2.75, 3.05) is 39.6 Å². The molecule has 0 aliphatic carbocycles. The normalized spacial score (nSPS) is 14.2. The number of unbranched alkanes of at least 4 members (excludes halogenated alkanes) is 49. The summed E-state index contributed by atoms with van der Waals surface area (Å²) in [6, 6.07) is 0. The molecule has 0 aromatic rings. The van der Waals surface area contributed by atoms with E-state index in [1.165, 1.54) is 257 Å². The van der Waals surface area contributed by atoms with E-state index in [-0.39, 0.29) is 25.7 Å². The zero-order chi connectivity index (χ0) is 78.1. The van der Waals surface area contributed by atoms with Crippen molar-refractivity contribution >= 4 is 39.5 Å². The number of esters is 4. The molecule has 19 heteroatoms. The lowest BCUT2D eigenvalue weighted by Crippen LogP contribution is -2.30. The molecule has 0 rings (SSSR count). The molecule has 0 heterocycles. The summed E-state index contributed by atoms with van der Waals surface area (Å²) in [6.07, 6.45) is 65.2. The van der Waals surface area contributed by atoms with Crippen LogP contribution in [-0.4, -0.2) is 96.7 Å². The quantitative estimate of drug-likeness (QED) is 0.0222. The fourth-order valence-electron chi connectivity index (χ4n) is 13.5. The molecule has 6 atom stereocenters. The van der Waals surface area contributed by atoms with Gasteiger partial charge in [-0.3, -0.25) is 37.3 Å². The van der Waals surface area contributed by atoms with Crippen LogP contribution in [-0.2, 0) is 65.4 Å². The van der Waals surface area contributed by atoms with Crippen molar-refractivity contribution in [3.05, 3.63) is 0 Å². The molecule has 0 amide bonds. The van der Waals surface area contributed by atoms with E-state index < -0.39 is 97.5 Å². The van der Waals surface area contributed by atoms with Crippen molar-refractivity contribution in [2.24, 2.45) is 23.7 Å². The number of hydrogen-bond acceptors (Lipinski definition) is 15. The number of carbonyl (C=O) groups excluding carboxylic acids is 4. The zero-order valence-corrected chi connectivity index (χ0v) is 71.9. The third-order valence-corrected chi connectivity index (χ3v) is 22.6. The Balaban J connectivity index is 5.25. The van der Waals surface area contributed by atoms with Crippen LogP contribution in [0.1, 0.15) is 453 Å². The number of rotatable bonds is 84. The number of phosphoric ester groups is 2. The molecule has 0 aliphatic rings. The van der Waals surface area contributed by atoms with Gasteiger partial charge in [0.05, 0.1) is 26.4 Å². The van der Waals surface area contributed by atoms with Gasteiger partial charge in [0.15, 0.2) is 12.2 Å². The molecule has 0 fully saturated rings. The van der Waals surface area contributed by atoms with E-state index >= 15 is 0 Å². The first-order chi connectivity index (χ1) is 51.1. The van der Waals surface area contributed by atoms with Crippen molar-refractivity contribution in [3.8, 4) is 0 Å². The summed E-state index contributed by atoms with van der Waals surface area (Å²) in [5.41, 5.74) is 0. The highest BCUT2D eigenvalue weighted by Gasteiger charge is 2.31. The van der Waals surface area contributed by atoms with E-state index in [2.05, 4.69) is 55.4 Å². The molecule has 17 nitrogen and oxygen atoms in total. The van der Waals surface area contributed by atoms with Crippen molar-refractivity contribution in [3.63, 3.8) is 0 Å². The Morgan fingerprint density at radius 3 is 0.670 bits per heavy atom. The number of phosphoric acid groups is 2. The number of ether oxygens (including phenoxy) is 4. The number of aliphatic hydroxyl groups excluding tert-OH is 1. The van der Waals surface area contributed by atoms with E-state index in [0.717, 1.165) is 114 Å². The Kier molecular flexibility index (Phi) is 74.3. The number of carbonyl (C=O) groups is 4. The summed E-state index contributed by atoms with van der Waals surface area (Å²) in [7, 11) is -9.93. The largest absolute Gasteiger partial charge is 0.472 e. The third kappa shape index (κ3) is 78.7. The van der Waals surface area contributed by atoms with E-state index in [0.29, 0.717) is 25.7 Å². The number of aliphatic hydroxyl groups is 1. The maximum atomic E-state index is 13.2. The van der Waals surface area contributed by atoms with Crippen LogP contribution >= 0.6 is 15.6 Å². The minimum atomic E-state index is -4.97. The monoisotopic (exact) mass is 1550 g/mol. The second-order valence-corrected chi connectivity index (χ2v) is 35.9.